The molecular formula is C18H12Br2N4O. The van der Waals surface area contributed by atoms with Gasteiger partial charge in [-0.3, -0.25) is 0 Å². The van der Waals surface area contributed by atoms with Gasteiger partial charge < -0.3 is 4.52 Å². The van der Waals surface area contributed by atoms with Gasteiger partial charge in [0.25, 0.3) is 0 Å². The van der Waals surface area contributed by atoms with Gasteiger partial charge in [-0.2, -0.15) is 0 Å². The van der Waals surface area contributed by atoms with Gasteiger partial charge in [0.15, 0.2) is 5.76 Å². The maximum absolute atomic E-state index is 5.43. The van der Waals surface area contributed by atoms with E-state index >= 15 is 0 Å². The van der Waals surface area contributed by atoms with Crippen LogP contribution in [-0.4, -0.2) is 20.2 Å². The zero-order valence-corrected chi connectivity index (χ0v) is 16.1. The molecule has 2 aromatic heterocycles. The quantitative estimate of drug-likeness (QED) is 0.422. The molecule has 0 aliphatic carbocycles. The van der Waals surface area contributed by atoms with Gasteiger partial charge in [0.1, 0.15) is 17.9 Å². The number of hydrogen-bond donors (Lipinski definition) is 0. The highest BCUT2D eigenvalue weighted by molar-refractivity contribution is 9.10. The molecule has 0 spiro atoms. The Kier molecular flexibility index (Phi) is 4.50. The molecule has 2 aromatic carbocycles. The number of aromatic nitrogens is 4. The summed E-state index contributed by atoms with van der Waals surface area (Å²) in [5.41, 5.74) is 3.64. The van der Waals surface area contributed by atoms with Crippen molar-refractivity contribution in [3.8, 4) is 22.5 Å². The van der Waals surface area contributed by atoms with Crippen molar-refractivity contribution in [1.29, 1.82) is 0 Å². The molecule has 0 aliphatic rings. The van der Waals surface area contributed by atoms with Crippen molar-refractivity contribution in [2.24, 2.45) is 0 Å². The van der Waals surface area contributed by atoms with E-state index in [0.717, 1.165) is 37.2 Å². The van der Waals surface area contributed by atoms with Crippen LogP contribution in [0.25, 0.3) is 22.5 Å². The standard InChI is InChI=1S/C18H12Br2N4O/c19-14-5-1-12(2-6-14)17-9-16(25-22-17)10-24-11-18(21-23-24)13-3-7-15(20)8-4-13/h1-9,11H,10H2. The van der Waals surface area contributed by atoms with E-state index in [9.17, 15) is 0 Å². The van der Waals surface area contributed by atoms with Crippen molar-refractivity contribution in [3.63, 3.8) is 0 Å². The van der Waals surface area contributed by atoms with Crippen molar-refractivity contribution < 1.29 is 4.52 Å². The van der Waals surface area contributed by atoms with Crippen LogP contribution in [0.2, 0.25) is 0 Å². The minimum absolute atomic E-state index is 0.479. The van der Waals surface area contributed by atoms with Crippen LogP contribution in [0, 0.1) is 0 Å². The van der Waals surface area contributed by atoms with Gasteiger partial charge >= 0.3 is 0 Å². The maximum Gasteiger partial charge on any atom is 0.158 e. The maximum atomic E-state index is 5.43. The molecule has 7 heteroatoms. The van der Waals surface area contributed by atoms with Gasteiger partial charge in [-0.15, -0.1) is 5.10 Å². The van der Waals surface area contributed by atoms with Gasteiger partial charge in [-0.05, 0) is 24.3 Å². The van der Waals surface area contributed by atoms with Gasteiger partial charge in [0.05, 0.1) is 6.20 Å². The van der Waals surface area contributed by atoms with Crippen molar-refractivity contribution in [2.75, 3.05) is 0 Å². The Bertz CT molecular complexity index is 909. The molecule has 4 aromatic rings. The van der Waals surface area contributed by atoms with E-state index in [1.54, 1.807) is 4.68 Å². The van der Waals surface area contributed by atoms with Gasteiger partial charge in [-0.25, -0.2) is 4.68 Å². The molecule has 0 unspecified atom stereocenters. The minimum atomic E-state index is 0.479. The van der Waals surface area contributed by atoms with Crippen molar-refractivity contribution in [2.45, 2.75) is 6.54 Å². The normalized spacial score (nSPS) is 11.0. The fourth-order valence-corrected chi connectivity index (χ4v) is 2.96. The van der Waals surface area contributed by atoms with E-state index in [2.05, 4.69) is 47.3 Å². The number of nitrogens with zero attached hydrogens (tertiary/aromatic N) is 4. The van der Waals surface area contributed by atoms with Crippen LogP contribution in [0.3, 0.4) is 0 Å². The summed E-state index contributed by atoms with van der Waals surface area (Å²) in [6.07, 6.45) is 1.89. The minimum Gasteiger partial charge on any atom is -0.359 e. The first kappa shape index (κ1) is 16.2. The lowest BCUT2D eigenvalue weighted by atomic mass is 10.1. The first-order chi connectivity index (χ1) is 12.2. The third-order valence-corrected chi connectivity index (χ3v) is 4.75. The summed E-state index contributed by atoms with van der Waals surface area (Å²) in [6, 6.07) is 17.8. The highest BCUT2D eigenvalue weighted by Crippen LogP contribution is 2.23. The summed E-state index contributed by atoms with van der Waals surface area (Å²) in [7, 11) is 0. The molecule has 124 valence electrons. The van der Waals surface area contributed by atoms with Gasteiger partial charge in [0, 0.05) is 26.1 Å². The lowest BCUT2D eigenvalue weighted by Gasteiger charge is -1.96. The fourth-order valence-electron chi connectivity index (χ4n) is 2.43. The molecule has 2 heterocycles. The van der Waals surface area contributed by atoms with Gasteiger partial charge in [-0.1, -0.05) is 66.5 Å². The monoisotopic (exact) mass is 458 g/mol. The summed E-state index contributed by atoms with van der Waals surface area (Å²) < 4.78 is 9.23. The van der Waals surface area contributed by atoms with Crippen molar-refractivity contribution >= 4 is 31.9 Å². The van der Waals surface area contributed by atoms with Gasteiger partial charge in [0.2, 0.25) is 0 Å². The van der Waals surface area contributed by atoms with Crippen LogP contribution in [0.15, 0.2) is 74.3 Å². The van der Waals surface area contributed by atoms with E-state index in [1.807, 2.05) is 60.8 Å². The molecule has 5 nitrogen and oxygen atoms in total. The SMILES string of the molecule is Brc1ccc(-c2cn(Cc3cc(-c4ccc(Br)cc4)no3)nn2)cc1. The van der Waals surface area contributed by atoms with Crippen LogP contribution in [0.1, 0.15) is 5.76 Å². The molecule has 0 fully saturated rings. The number of benzene rings is 2. The average molecular weight is 460 g/mol. The first-order valence-corrected chi connectivity index (χ1v) is 9.13. The lowest BCUT2D eigenvalue weighted by Crippen LogP contribution is -1.98. The Balaban J connectivity index is 1.51. The van der Waals surface area contributed by atoms with Crippen molar-refractivity contribution in [3.05, 3.63) is 75.5 Å². The second kappa shape index (κ2) is 6.93. The molecule has 0 saturated carbocycles. The summed E-state index contributed by atoms with van der Waals surface area (Å²) in [6.45, 7) is 0.479. The molecule has 0 aliphatic heterocycles. The van der Waals surface area contributed by atoms with Crippen LogP contribution in [-0.2, 0) is 6.54 Å². The lowest BCUT2D eigenvalue weighted by molar-refractivity contribution is 0.372. The molecule has 0 atom stereocenters. The Morgan fingerprint density at radius 1 is 0.840 bits per heavy atom. The highest BCUT2D eigenvalue weighted by Gasteiger charge is 2.09. The van der Waals surface area contributed by atoms with Crippen LogP contribution in [0.4, 0.5) is 0 Å². The van der Waals surface area contributed by atoms with E-state index in [1.165, 1.54) is 0 Å². The van der Waals surface area contributed by atoms with Crippen LogP contribution in [0.5, 0.6) is 0 Å². The zero-order chi connectivity index (χ0) is 17.2. The predicted molar refractivity (Wildman–Crippen MR) is 102 cm³/mol. The summed E-state index contributed by atoms with van der Waals surface area (Å²) in [5.74, 6) is 0.727. The summed E-state index contributed by atoms with van der Waals surface area (Å²) in [5, 5.41) is 12.5. The summed E-state index contributed by atoms with van der Waals surface area (Å²) >= 11 is 6.86. The fraction of sp³-hybridized carbons (Fsp3) is 0.0556. The molecule has 0 bridgehead atoms. The predicted octanol–water partition coefficient (Wildman–Crippen LogP) is 5.17. The largest absolute Gasteiger partial charge is 0.359 e. The molecule has 0 radical (unpaired) electrons. The number of hydrogen-bond acceptors (Lipinski definition) is 4. The molecule has 0 N–H and O–H groups in total. The summed E-state index contributed by atoms with van der Waals surface area (Å²) in [4.78, 5) is 0. The molecular weight excluding hydrogens is 448 g/mol. The second-order valence-corrected chi connectivity index (χ2v) is 7.32. The Morgan fingerprint density at radius 2 is 1.44 bits per heavy atom. The molecule has 0 amide bonds. The molecule has 4 rings (SSSR count). The smallest absolute Gasteiger partial charge is 0.158 e. The van der Waals surface area contributed by atoms with E-state index < -0.39 is 0 Å². The molecule has 25 heavy (non-hydrogen) atoms. The Morgan fingerprint density at radius 3 is 2.08 bits per heavy atom. The Labute approximate surface area is 160 Å². The second-order valence-electron chi connectivity index (χ2n) is 5.49. The number of halogens is 2. The van der Waals surface area contributed by atoms with E-state index in [4.69, 9.17) is 4.52 Å². The average Bonchev–Trinajstić information content (AvgIpc) is 3.27. The highest BCUT2D eigenvalue weighted by atomic mass is 79.9. The third-order valence-electron chi connectivity index (χ3n) is 3.70. The number of rotatable bonds is 4. The van der Waals surface area contributed by atoms with E-state index in [0.29, 0.717) is 6.54 Å². The topological polar surface area (TPSA) is 56.7 Å². The Hall–Kier alpha value is -2.25. The van der Waals surface area contributed by atoms with Crippen LogP contribution < -0.4 is 0 Å². The van der Waals surface area contributed by atoms with Crippen LogP contribution >= 0.6 is 31.9 Å². The first-order valence-electron chi connectivity index (χ1n) is 7.55. The molecule has 0 saturated heterocycles. The van der Waals surface area contributed by atoms with E-state index in [-0.39, 0.29) is 0 Å². The van der Waals surface area contributed by atoms with Crippen molar-refractivity contribution in [1.82, 2.24) is 20.2 Å². The third kappa shape index (κ3) is 3.72. The zero-order valence-electron chi connectivity index (χ0n) is 12.9.